The van der Waals surface area contributed by atoms with Crippen molar-refractivity contribution in [1.82, 2.24) is 0 Å². The van der Waals surface area contributed by atoms with Crippen LogP contribution in [0.15, 0.2) is 102 Å². The SMILES string of the molecule is CCOC(=O)C1=C(c2ccccc2)O[C@H](c2ccccc2)C(c2ccccc2)=N1. The predicted octanol–water partition coefficient (Wildman–Crippen LogP) is 5.18. The summed E-state index contributed by atoms with van der Waals surface area (Å²) in [5, 5.41) is 0. The lowest BCUT2D eigenvalue weighted by molar-refractivity contribution is -0.138. The van der Waals surface area contributed by atoms with Gasteiger partial charge in [0.1, 0.15) is 0 Å². The first kappa shape index (κ1) is 18.7. The van der Waals surface area contributed by atoms with Crippen LogP contribution in [-0.4, -0.2) is 18.3 Å². The van der Waals surface area contributed by atoms with Gasteiger partial charge in [0.15, 0.2) is 17.6 Å². The first-order chi connectivity index (χ1) is 14.3. The van der Waals surface area contributed by atoms with Gasteiger partial charge in [0, 0.05) is 11.1 Å². The van der Waals surface area contributed by atoms with E-state index in [1.165, 1.54) is 0 Å². The summed E-state index contributed by atoms with van der Waals surface area (Å²) in [5.74, 6) is -0.0659. The monoisotopic (exact) mass is 383 g/mol. The second-order valence-electron chi connectivity index (χ2n) is 6.54. The average Bonchev–Trinajstić information content (AvgIpc) is 2.80. The molecule has 0 spiro atoms. The van der Waals surface area contributed by atoms with E-state index >= 15 is 0 Å². The number of hydrogen-bond acceptors (Lipinski definition) is 4. The number of carbonyl (C=O) groups is 1. The van der Waals surface area contributed by atoms with Crippen molar-refractivity contribution >= 4 is 17.4 Å². The molecule has 144 valence electrons. The number of aliphatic imine (C=N–C) groups is 1. The highest BCUT2D eigenvalue weighted by atomic mass is 16.5. The maximum absolute atomic E-state index is 12.7. The molecule has 1 heterocycles. The van der Waals surface area contributed by atoms with Crippen molar-refractivity contribution in [2.75, 3.05) is 6.61 Å². The number of carbonyl (C=O) groups excluding carboxylic acids is 1. The Morgan fingerprint density at radius 3 is 2.00 bits per heavy atom. The van der Waals surface area contributed by atoms with E-state index in [9.17, 15) is 4.79 Å². The van der Waals surface area contributed by atoms with E-state index < -0.39 is 12.1 Å². The Balaban J connectivity index is 1.91. The third-order valence-electron chi connectivity index (χ3n) is 4.61. The fraction of sp³-hybridized carbons (Fsp3) is 0.120. The van der Waals surface area contributed by atoms with Gasteiger partial charge in [-0.3, -0.25) is 0 Å². The lowest BCUT2D eigenvalue weighted by Gasteiger charge is -2.28. The molecular weight excluding hydrogens is 362 g/mol. The van der Waals surface area contributed by atoms with E-state index in [-0.39, 0.29) is 12.3 Å². The zero-order valence-corrected chi connectivity index (χ0v) is 16.1. The molecule has 0 N–H and O–H groups in total. The van der Waals surface area contributed by atoms with Crippen LogP contribution in [-0.2, 0) is 14.3 Å². The topological polar surface area (TPSA) is 47.9 Å². The Morgan fingerprint density at radius 2 is 1.41 bits per heavy atom. The molecule has 0 unspecified atom stereocenters. The molecule has 0 saturated carbocycles. The molecular formula is C25H21NO3. The first-order valence-corrected chi connectivity index (χ1v) is 9.60. The van der Waals surface area contributed by atoms with Gasteiger partial charge in [-0.15, -0.1) is 0 Å². The van der Waals surface area contributed by atoms with E-state index in [4.69, 9.17) is 14.5 Å². The van der Waals surface area contributed by atoms with E-state index in [1.54, 1.807) is 6.92 Å². The molecule has 3 aromatic carbocycles. The molecule has 0 aliphatic carbocycles. The molecule has 1 atom stereocenters. The molecule has 0 radical (unpaired) electrons. The number of ether oxygens (including phenoxy) is 2. The molecule has 4 rings (SSSR count). The fourth-order valence-corrected chi connectivity index (χ4v) is 3.27. The van der Waals surface area contributed by atoms with Crippen LogP contribution >= 0.6 is 0 Å². The van der Waals surface area contributed by atoms with Gasteiger partial charge >= 0.3 is 5.97 Å². The van der Waals surface area contributed by atoms with Gasteiger partial charge in [0.05, 0.1) is 12.3 Å². The van der Waals surface area contributed by atoms with Gasteiger partial charge in [0.2, 0.25) is 0 Å². The van der Waals surface area contributed by atoms with Crippen LogP contribution in [0.1, 0.15) is 29.7 Å². The van der Waals surface area contributed by atoms with Gasteiger partial charge in [0.25, 0.3) is 0 Å². The maximum atomic E-state index is 12.7. The highest BCUT2D eigenvalue weighted by molar-refractivity contribution is 6.10. The second kappa shape index (κ2) is 8.57. The molecule has 0 bridgehead atoms. The summed E-state index contributed by atoms with van der Waals surface area (Å²) in [6.45, 7) is 2.04. The normalized spacial score (nSPS) is 16.0. The summed E-state index contributed by atoms with van der Waals surface area (Å²) in [6.07, 6.45) is -0.438. The quantitative estimate of drug-likeness (QED) is 0.571. The smallest absolute Gasteiger partial charge is 0.360 e. The van der Waals surface area contributed by atoms with Gasteiger partial charge in [-0.25, -0.2) is 9.79 Å². The lowest BCUT2D eigenvalue weighted by Crippen LogP contribution is -2.24. The van der Waals surface area contributed by atoms with Gasteiger partial charge < -0.3 is 9.47 Å². The molecule has 0 saturated heterocycles. The highest BCUT2D eigenvalue weighted by Gasteiger charge is 2.32. The maximum Gasteiger partial charge on any atom is 0.360 e. The molecule has 0 amide bonds. The van der Waals surface area contributed by atoms with Crippen molar-refractivity contribution in [1.29, 1.82) is 0 Å². The average molecular weight is 383 g/mol. The van der Waals surface area contributed by atoms with E-state index in [0.717, 1.165) is 16.7 Å². The Labute approximate surface area is 170 Å². The number of esters is 1. The summed E-state index contributed by atoms with van der Waals surface area (Å²) in [4.78, 5) is 17.5. The molecule has 4 heteroatoms. The lowest BCUT2D eigenvalue weighted by atomic mass is 9.97. The summed E-state index contributed by atoms with van der Waals surface area (Å²) in [5.41, 5.74) is 3.51. The van der Waals surface area contributed by atoms with Crippen LogP contribution < -0.4 is 0 Å². The molecule has 0 fully saturated rings. The van der Waals surface area contributed by atoms with Crippen LogP contribution in [0.2, 0.25) is 0 Å². The Kier molecular flexibility index (Phi) is 5.52. The van der Waals surface area contributed by atoms with Gasteiger partial charge in [-0.05, 0) is 12.5 Å². The Morgan fingerprint density at radius 1 is 0.862 bits per heavy atom. The van der Waals surface area contributed by atoms with Crippen molar-refractivity contribution in [2.45, 2.75) is 13.0 Å². The standard InChI is InChI=1S/C25H21NO3/c1-2-28-25(27)22-24(20-16-10-5-11-17-20)29-23(19-14-8-4-9-15-19)21(26-22)18-12-6-3-7-13-18/h3-17,23H,2H2,1H3/t23-/m1/s1. The van der Waals surface area contributed by atoms with Gasteiger partial charge in [-0.1, -0.05) is 91.0 Å². The summed E-state index contributed by atoms with van der Waals surface area (Å²) >= 11 is 0. The third kappa shape index (κ3) is 3.97. The highest BCUT2D eigenvalue weighted by Crippen LogP contribution is 2.36. The van der Waals surface area contributed by atoms with Gasteiger partial charge in [-0.2, -0.15) is 0 Å². The van der Waals surface area contributed by atoms with E-state index in [1.807, 2.05) is 91.0 Å². The fourth-order valence-electron chi connectivity index (χ4n) is 3.27. The molecule has 1 aliphatic heterocycles. The van der Waals surface area contributed by atoms with Crippen LogP contribution in [0, 0.1) is 0 Å². The molecule has 1 aliphatic rings. The largest absolute Gasteiger partial charge is 0.476 e. The van der Waals surface area contributed by atoms with Crippen molar-refractivity contribution in [3.63, 3.8) is 0 Å². The Hall–Kier alpha value is -3.66. The van der Waals surface area contributed by atoms with Crippen molar-refractivity contribution in [3.05, 3.63) is 113 Å². The molecule has 29 heavy (non-hydrogen) atoms. The zero-order chi connectivity index (χ0) is 20.1. The third-order valence-corrected chi connectivity index (χ3v) is 4.61. The Bertz CT molecular complexity index is 1040. The minimum absolute atomic E-state index is 0.184. The van der Waals surface area contributed by atoms with Crippen molar-refractivity contribution in [3.8, 4) is 0 Å². The minimum Gasteiger partial charge on any atom is -0.476 e. The number of rotatable bonds is 5. The van der Waals surface area contributed by atoms with Crippen LogP contribution in [0.4, 0.5) is 0 Å². The number of nitrogens with zero attached hydrogens (tertiary/aromatic N) is 1. The zero-order valence-electron chi connectivity index (χ0n) is 16.1. The molecule has 3 aromatic rings. The summed E-state index contributed by atoms with van der Waals surface area (Å²) < 4.78 is 11.7. The minimum atomic E-state index is -0.494. The van der Waals surface area contributed by atoms with Crippen molar-refractivity contribution in [2.24, 2.45) is 4.99 Å². The molecule has 4 nitrogen and oxygen atoms in total. The van der Waals surface area contributed by atoms with E-state index in [2.05, 4.69) is 0 Å². The summed E-state index contributed by atoms with van der Waals surface area (Å²) in [6, 6.07) is 29.2. The van der Waals surface area contributed by atoms with E-state index in [0.29, 0.717) is 11.5 Å². The predicted molar refractivity (Wildman–Crippen MR) is 113 cm³/mol. The number of hydrogen-bond donors (Lipinski definition) is 0. The second-order valence-corrected chi connectivity index (χ2v) is 6.54. The van der Waals surface area contributed by atoms with Crippen molar-refractivity contribution < 1.29 is 14.3 Å². The molecule has 0 aromatic heterocycles. The van der Waals surface area contributed by atoms with Crippen LogP contribution in [0.25, 0.3) is 5.76 Å². The summed E-state index contributed by atoms with van der Waals surface area (Å²) in [7, 11) is 0. The van der Waals surface area contributed by atoms with Crippen LogP contribution in [0.5, 0.6) is 0 Å². The number of benzene rings is 3. The first-order valence-electron chi connectivity index (χ1n) is 9.60. The van der Waals surface area contributed by atoms with Crippen LogP contribution in [0.3, 0.4) is 0 Å².